The van der Waals surface area contributed by atoms with E-state index in [2.05, 4.69) is 16.0 Å². The molecule has 0 aliphatic heterocycles. The van der Waals surface area contributed by atoms with Crippen LogP contribution in [0, 0.1) is 11.3 Å². The fourth-order valence-corrected chi connectivity index (χ4v) is 2.42. The van der Waals surface area contributed by atoms with E-state index in [0.29, 0.717) is 5.56 Å². The lowest BCUT2D eigenvalue weighted by molar-refractivity contribution is 1.23. The van der Waals surface area contributed by atoms with E-state index in [-0.39, 0.29) is 0 Å². The van der Waals surface area contributed by atoms with Gasteiger partial charge in [-0.3, -0.25) is 0 Å². The van der Waals surface area contributed by atoms with E-state index in [9.17, 15) is 0 Å². The molecule has 2 heterocycles. The Kier molecular flexibility index (Phi) is 2.17. The van der Waals surface area contributed by atoms with Crippen LogP contribution < -0.4 is 0 Å². The first-order valence-electron chi connectivity index (χ1n) is 3.54. The van der Waals surface area contributed by atoms with Gasteiger partial charge in [-0.2, -0.15) is 5.26 Å². The van der Waals surface area contributed by atoms with Gasteiger partial charge in [0.2, 0.25) is 0 Å². The minimum absolute atomic E-state index is 0.587. The molecule has 64 valence electrons. The number of thiazole rings is 1. The molecule has 2 aromatic rings. The van der Waals surface area contributed by atoms with E-state index in [0.717, 1.165) is 14.7 Å². The zero-order valence-electron chi connectivity index (χ0n) is 6.81. The summed E-state index contributed by atoms with van der Waals surface area (Å²) in [4.78, 5) is 8.35. The number of nitrogens with zero attached hydrogens (tertiary/aromatic N) is 3. The fraction of sp³-hybridized carbons (Fsp3) is 0.125. The highest BCUT2D eigenvalue weighted by Crippen LogP contribution is 2.26. The molecule has 0 unspecified atom stereocenters. The smallest absolute Gasteiger partial charge is 0.171 e. The Morgan fingerprint density at radius 3 is 3.15 bits per heavy atom. The zero-order valence-corrected chi connectivity index (χ0v) is 8.45. The van der Waals surface area contributed by atoms with Crippen molar-refractivity contribution < 1.29 is 0 Å². The molecular weight excluding hydrogens is 202 g/mol. The molecule has 5 heteroatoms. The maximum atomic E-state index is 8.65. The molecule has 0 radical (unpaired) electrons. The van der Waals surface area contributed by atoms with Crippen molar-refractivity contribution in [2.24, 2.45) is 0 Å². The fourth-order valence-electron chi connectivity index (χ4n) is 0.948. The molecule has 0 N–H and O–H groups in total. The molecule has 0 bridgehead atoms. The predicted molar refractivity (Wildman–Crippen MR) is 53.9 cm³/mol. The van der Waals surface area contributed by atoms with Gasteiger partial charge >= 0.3 is 0 Å². The van der Waals surface area contributed by atoms with Crippen LogP contribution in [0.25, 0.3) is 10.3 Å². The molecule has 0 aliphatic rings. The summed E-state index contributed by atoms with van der Waals surface area (Å²) in [6.07, 6.45) is 3.52. The van der Waals surface area contributed by atoms with E-state index >= 15 is 0 Å². The highest BCUT2D eigenvalue weighted by molar-refractivity contribution is 8.00. The minimum Gasteiger partial charge on any atom is -0.234 e. The average molecular weight is 207 g/mol. The first-order valence-corrected chi connectivity index (χ1v) is 5.58. The number of thioether (sulfide) groups is 1. The normalized spacial score (nSPS) is 10.2. The van der Waals surface area contributed by atoms with Crippen molar-refractivity contribution in [3.63, 3.8) is 0 Å². The van der Waals surface area contributed by atoms with Crippen LogP contribution >= 0.6 is 23.1 Å². The average Bonchev–Trinajstić information content (AvgIpc) is 2.58. The summed E-state index contributed by atoms with van der Waals surface area (Å²) >= 11 is 3.16. The highest BCUT2D eigenvalue weighted by atomic mass is 32.2. The number of pyridine rings is 1. The van der Waals surface area contributed by atoms with Gasteiger partial charge in [0, 0.05) is 6.20 Å². The molecule has 0 aliphatic carbocycles. The van der Waals surface area contributed by atoms with Crippen molar-refractivity contribution in [2.45, 2.75) is 4.34 Å². The third kappa shape index (κ3) is 1.50. The summed E-state index contributed by atoms with van der Waals surface area (Å²) in [5.41, 5.74) is 1.32. The Balaban J connectivity index is 2.65. The van der Waals surface area contributed by atoms with Gasteiger partial charge < -0.3 is 0 Å². The van der Waals surface area contributed by atoms with Crippen molar-refractivity contribution in [3.05, 3.63) is 17.8 Å². The third-order valence-corrected chi connectivity index (χ3v) is 3.51. The molecule has 0 aromatic carbocycles. The predicted octanol–water partition coefficient (Wildman–Crippen LogP) is 2.28. The van der Waals surface area contributed by atoms with E-state index in [1.807, 2.05) is 12.3 Å². The number of fused-ring (bicyclic) bond motifs is 1. The van der Waals surface area contributed by atoms with Gasteiger partial charge in [0.15, 0.2) is 9.99 Å². The summed E-state index contributed by atoms with van der Waals surface area (Å²) in [6.45, 7) is 0. The SMILES string of the molecule is CSc1nc2ncc(C#N)cc2s1. The topological polar surface area (TPSA) is 49.6 Å². The third-order valence-electron chi connectivity index (χ3n) is 1.53. The van der Waals surface area contributed by atoms with Crippen molar-refractivity contribution >= 4 is 33.4 Å². The second-order valence-corrected chi connectivity index (χ2v) is 4.43. The van der Waals surface area contributed by atoms with Crippen LogP contribution in [-0.2, 0) is 0 Å². The van der Waals surface area contributed by atoms with Gasteiger partial charge in [0.25, 0.3) is 0 Å². The van der Waals surface area contributed by atoms with E-state index in [1.54, 1.807) is 29.3 Å². The Morgan fingerprint density at radius 1 is 1.62 bits per heavy atom. The van der Waals surface area contributed by atoms with Gasteiger partial charge in [0.1, 0.15) is 6.07 Å². The number of hydrogen-bond acceptors (Lipinski definition) is 5. The van der Waals surface area contributed by atoms with Gasteiger partial charge in [-0.05, 0) is 12.3 Å². The minimum atomic E-state index is 0.587. The van der Waals surface area contributed by atoms with E-state index < -0.39 is 0 Å². The monoisotopic (exact) mass is 207 g/mol. The number of rotatable bonds is 1. The van der Waals surface area contributed by atoms with Gasteiger partial charge in [-0.15, -0.1) is 11.3 Å². The Hall–Kier alpha value is -1.12. The first kappa shape index (κ1) is 8.48. The van der Waals surface area contributed by atoms with Crippen LogP contribution in [0.2, 0.25) is 0 Å². The van der Waals surface area contributed by atoms with Crippen LogP contribution in [0.15, 0.2) is 16.6 Å². The molecule has 0 saturated carbocycles. The number of nitriles is 1. The molecule has 0 atom stereocenters. The largest absolute Gasteiger partial charge is 0.234 e. The molecular formula is C8H5N3S2. The Labute approximate surface area is 83.4 Å². The maximum Gasteiger partial charge on any atom is 0.171 e. The van der Waals surface area contributed by atoms with E-state index in [4.69, 9.17) is 5.26 Å². The standard InChI is InChI=1S/C8H5N3S2/c1-12-8-11-7-6(13-8)2-5(3-9)4-10-7/h2,4H,1H3. The Morgan fingerprint density at radius 2 is 2.46 bits per heavy atom. The van der Waals surface area contributed by atoms with Crippen molar-refractivity contribution in [1.29, 1.82) is 5.26 Å². The van der Waals surface area contributed by atoms with Crippen LogP contribution in [0.3, 0.4) is 0 Å². The van der Waals surface area contributed by atoms with E-state index in [1.165, 1.54) is 0 Å². The summed E-state index contributed by atoms with van der Waals surface area (Å²) in [7, 11) is 0. The lowest BCUT2D eigenvalue weighted by atomic mass is 10.3. The lowest BCUT2D eigenvalue weighted by Crippen LogP contribution is -1.78. The number of hydrogen-bond donors (Lipinski definition) is 0. The second-order valence-electron chi connectivity index (χ2n) is 2.34. The molecule has 0 fully saturated rings. The van der Waals surface area contributed by atoms with Crippen molar-refractivity contribution in [2.75, 3.05) is 6.26 Å². The van der Waals surface area contributed by atoms with Crippen LogP contribution in [0.1, 0.15) is 5.56 Å². The van der Waals surface area contributed by atoms with Crippen LogP contribution in [-0.4, -0.2) is 16.2 Å². The molecule has 2 rings (SSSR count). The molecule has 0 saturated heterocycles. The van der Waals surface area contributed by atoms with Crippen LogP contribution in [0.4, 0.5) is 0 Å². The molecule has 3 nitrogen and oxygen atoms in total. The zero-order chi connectivity index (χ0) is 9.26. The molecule has 2 aromatic heterocycles. The summed E-state index contributed by atoms with van der Waals surface area (Å²) in [6, 6.07) is 3.88. The van der Waals surface area contributed by atoms with Crippen LogP contribution in [0.5, 0.6) is 0 Å². The molecule has 13 heavy (non-hydrogen) atoms. The quantitative estimate of drug-likeness (QED) is 0.673. The first-order chi connectivity index (χ1) is 6.33. The second kappa shape index (κ2) is 3.32. The van der Waals surface area contributed by atoms with Gasteiger partial charge in [0.05, 0.1) is 10.3 Å². The molecule has 0 amide bonds. The molecule has 0 spiro atoms. The highest BCUT2D eigenvalue weighted by Gasteiger charge is 2.04. The van der Waals surface area contributed by atoms with Crippen molar-refractivity contribution in [3.8, 4) is 6.07 Å². The summed E-state index contributed by atoms with van der Waals surface area (Å²) in [5.74, 6) is 0. The lowest BCUT2D eigenvalue weighted by Gasteiger charge is -1.85. The van der Waals surface area contributed by atoms with Gasteiger partial charge in [-0.25, -0.2) is 9.97 Å². The summed E-state index contributed by atoms with van der Waals surface area (Å²) < 4.78 is 1.96. The Bertz CT molecular complexity index is 484. The summed E-state index contributed by atoms with van der Waals surface area (Å²) in [5, 5.41) is 8.65. The van der Waals surface area contributed by atoms with Gasteiger partial charge in [-0.1, -0.05) is 11.8 Å². The number of aromatic nitrogens is 2. The maximum absolute atomic E-state index is 8.65. The van der Waals surface area contributed by atoms with Crippen molar-refractivity contribution in [1.82, 2.24) is 9.97 Å².